The van der Waals surface area contributed by atoms with E-state index in [2.05, 4.69) is 30.0 Å². The zero-order chi connectivity index (χ0) is 27.2. The molecule has 0 aromatic heterocycles. The summed E-state index contributed by atoms with van der Waals surface area (Å²) in [5.41, 5.74) is 2.31. The number of hydrogen-bond acceptors (Lipinski definition) is 3. The first-order valence-electron chi connectivity index (χ1n) is 14.4. The zero-order valence-electron chi connectivity index (χ0n) is 23.0. The molecule has 206 valence electrons. The van der Waals surface area contributed by atoms with Gasteiger partial charge in [0.05, 0.1) is 4.90 Å². The monoisotopic (exact) mass is 544 g/mol. The van der Waals surface area contributed by atoms with Crippen molar-refractivity contribution in [2.75, 3.05) is 26.2 Å². The third-order valence-corrected chi connectivity index (χ3v) is 10.3. The molecule has 3 aromatic rings. The Hall–Kier alpha value is -2.96. The SMILES string of the molecule is CC(=Cc1ccccc1)CN(CC1CCN(S(=O)(=O)c2cccc3ccccc23)CC1)C(=O)C1CCCCC1. The molecule has 0 radical (unpaired) electrons. The Bertz CT molecular complexity index is 1400. The molecule has 2 aliphatic rings. The summed E-state index contributed by atoms with van der Waals surface area (Å²) in [5.74, 6) is 0.692. The largest absolute Gasteiger partial charge is 0.338 e. The number of piperidine rings is 1. The molecule has 1 amide bonds. The number of carbonyl (C=O) groups excluding carboxylic acids is 1. The smallest absolute Gasteiger partial charge is 0.243 e. The van der Waals surface area contributed by atoms with Crippen LogP contribution in [0.4, 0.5) is 0 Å². The van der Waals surface area contributed by atoms with Gasteiger partial charge in [-0.1, -0.05) is 97.6 Å². The Labute approximate surface area is 233 Å². The predicted octanol–water partition coefficient (Wildman–Crippen LogP) is 6.75. The predicted molar refractivity (Wildman–Crippen MR) is 159 cm³/mol. The summed E-state index contributed by atoms with van der Waals surface area (Å²) >= 11 is 0. The normalized spacial score (nSPS) is 18.3. The van der Waals surface area contributed by atoms with Gasteiger partial charge in [-0.15, -0.1) is 0 Å². The van der Waals surface area contributed by atoms with E-state index < -0.39 is 10.0 Å². The van der Waals surface area contributed by atoms with Crippen molar-refractivity contribution in [1.82, 2.24) is 9.21 Å². The van der Waals surface area contributed by atoms with Crippen LogP contribution in [0, 0.1) is 11.8 Å². The zero-order valence-corrected chi connectivity index (χ0v) is 23.8. The average Bonchev–Trinajstić information content (AvgIpc) is 2.97. The molecule has 3 aromatic carbocycles. The number of sulfonamides is 1. The van der Waals surface area contributed by atoms with Crippen molar-refractivity contribution in [3.8, 4) is 0 Å². The third kappa shape index (κ3) is 6.62. The molecule has 0 unspecified atom stereocenters. The summed E-state index contributed by atoms with van der Waals surface area (Å²) in [7, 11) is -3.58. The van der Waals surface area contributed by atoms with Gasteiger partial charge in [-0.2, -0.15) is 4.31 Å². The standard InChI is InChI=1S/C33H40N2O3S/c1-26(23-27-11-4-2-5-12-27)24-34(33(36)30-14-6-3-7-15-30)25-28-19-21-35(22-20-28)39(37,38)32-18-10-16-29-13-8-9-17-31(29)32/h2,4-5,8-13,16-18,23,28,30H,3,6-7,14-15,19-22,24-25H2,1H3. The second-order valence-corrected chi connectivity index (χ2v) is 13.2. The van der Waals surface area contributed by atoms with Crippen LogP contribution in [0.25, 0.3) is 16.8 Å². The quantitative estimate of drug-likeness (QED) is 0.315. The molecule has 5 rings (SSSR count). The first-order valence-corrected chi connectivity index (χ1v) is 15.8. The molecule has 0 spiro atoms. The van der Waals surface area contributed by atoms with Gasteiger partial charge in [-0.25, -0.2) is 8.42 Å². The van der Waals surface area contributed by atoms with Crippen LogP contribution in [0.15, 0.2) is 83.3 Å². The minimum atomic E-state index is -3.58. The van der Waals surface area contributed by atoms with E-state index in [1.165, 1.54) is 12.0 Å². The van der Waals surface area contributed by atoms with Crippen molar-refractivity contribution in [3.63, 3.8) is 0 Å². The highest BCUT2D eigenvalue weighted by molar-refractivity contribution is 7.89. The molecule has 0 N–H and O–H groups in total. The average molecular weight is 545 g/mol. The molecule has 39 heavy (non-hydrogen) atoms. The molecule has 0 bridgehead atoms. The Morgan fingerprint density at radius 2 is 1.54 bits per heavy atom. The van der Waals surface area contributed by atoms with Crippen molar-refractivity contribution < 1.29 is 13.2 Å². The molecule has 5 nitrogen and oxygen atoms in total. The fourth-order valence-corrected chi connectivity index (χ4v) is 7.91. The van der Waals surface area contributed by atoms with Gasteiger partial charge in [0.15, 0.2) is 0 Å². The molecule has 1 aliphatic heterocycles. The van der Waals surface area contributed by atoms with Crippen molar-refractivity contribution in [2.24, 2.45) is 11.8 Å². The summed E-state index contributed by atoms with van der Waals surface area (Å²) in [6.07, 6.45) is 9.15. The van der Waals surface area contributed by atoms with Gasteiger partial charge in [0.1, 0.15) is 0 Å². The van der Waals surface area contributed by atoms with Gasteiger partial charge in [0.2, 0.25) is 15.9 Å². The molecule has 1 saturated carbocycles. The van der Waals surface area contributed by atoms with Gasteiger partial charge in [0, 0.05) is 37.5 Å². The first-order chi connectivity index (χ1) is 18.9. The topological polar surface area (TPSA) is 57.7 Å². The lowest BCUT2D eigenvalue weighted by molar-refractivity contribution is -0.137. The number of amides is 1. The molecule has 2 fully saturated rings. The van der Waals surface area contributed by atoms with Gasteiger partial charge in [-0.3, -0.25) is 4.79 Å². The van der Waals surface area contributed by atoms with Crippen LogP contribution in [0.5, 0.6) is 0 Å². The van der Waals surface area contributed by atoms with Gasteiger partial charge in [0.25, 0.3) is 0 Å². The molecule has 6 heteroatoms. The van der Waals surface area contributed by atoms with Crippen LogP contribution in [0.2, 0.25) is 0 Å². The van der Waals surface area contributed by atoms with Crippen molar-refractivity contribution >= 4 is 32.8 Å². The van der Waals surface area contributed by atoms with Crippen LogP contribution in [-0.4, -0.2) is 49.7 Å². The van der Waals surface area contributed by atoms with Gasteiger partial charge < -0.3 is 4.90 Å². The molecular formula is C33H40N2O3S. The summed E-state index contributed by atoms with van der Waals surface area (Å²) < 4.78 is 28.9. The molecular weight excluding hydrogens is 504 g/mol. The molecule has 0 atom stereocenters. The van der Waals surface area contributed by atoms with E-state index in [1.807, 2.05) is 54.6 Å². The number of rotatable bonds is 8. The van der Waals surface area contributed by atoms with Gasteiger partial charge >= 0.3 is 0 Å². The second-order valence-electron chi connectivity index (χ2n) is 11.3. The van der Waals surface area contributed by atoms with E-state index in [0.717, 1.165) is 54.9 Å². The summed E-state index contributed by atoms with van der Waals surface area (Å²) in [6.45, 7) is 4.39. The van der Waals surface area contributed by atoms with Crippen LogP contribution in [0.1, 0.15) is 57.4 Å². The first kappa shape index (κ1) is 27.6. The summed E-state index contributed by atoms with van der Waals surface area (Å²) in [5, 5.41) is 1.70. The number of nitrogens with zero attached hydrogens (tertiary/aromatic N) is 2. The number of hydrogen-bond donors (Lipinski definition) is 0. The Morgan fingerprint density at radius 1 is 0.872 bits per heavy atom. The third-order valence-electron chi connectivity index (χ3n) is 8.34. The van der Waals surface area contributed by atoms with E-state index >= 15 is 0 Å². The number of benzene rings is 3. The van der Waals surface area contributed by atoms with E-state index in [9.17, 15) is 13.2 Å². The van der Waals surface area contributed by atoms with Crippen molar-refractivity contribution in [1.29, 1.82) is 0 Å². The lowest BCUT2D eigenvalue weighted by Crippen LogP contribution is -2.45. The summed E-state index contributed by atoms with van der Waals surface area (Å²) in [4.78, 5) is 16.1. The highest BCUT2D eigenvalue weighted by Crippen LogP contribution is 2.31. The highest BCUT2D eigenvalue weighted by Gasteiger charge is 2.33. The lowest BCUT2D eigenvalue weighted by atomic mass is 9.87. The van der Waals surface area contributed by atoms with E-state index in [4.69, 9.17) is 0 Å². The van der Waals surface area contributed by atoms with Crippen LogP contribution >= 0.6 is 0 Å². The molecule has 1 heterocycles. The van der Waals surface area contributed by atoms with E-state index in [-0.39, 0.29) is 11.8 Å². The molecule has 1 saturated heterocycles. The minimum Gasteiger partial charge on any atom is -0.338 e. The number of carbonyl (C=O) groups is 1. The Kier molecular flexibility index (Phi) is 8.83. The maximum atomic E-state index is 13.7. The highest BCUT2D eigenvalue weighted by atomic mass is 32.2. The Morgan fingerprint density at radius 3 is 2.28 bits per heavy atom. The summed E-state index contributed by atoms with van der Waals surface area (Å²) in [6, 6.07) is 23.4. The molecule has 1 aliphatic carbocycles. The van der Waals surface area contributed by atoms with Crippen molar-refractivity contribution in [3.05, 3.63) is 83.9 Å². The maximum absolute atomic E-state index is 13.7. The number of fused-ring (bicyclic) bond motifs is 1. The Balaban J connectivity index is 1.28. The van der Waals surface area contributed by atoms with Gasteiger partial charge in [-0.05, 0) is 55.5 Å². The van der Waals surface area contributed by atoms with Crippen LogP contribution < -0.4 is 0 Å². The van der Waals surface area contributed by atoms with Crippen LogP contribution in [-0.2, 0) is 14.8 Å². The van der Waals surface area contributed by atoms with E-state index in [0.29, 0.717) is 37.0 Å². The van der Waals surface area contributed by atoms with Crippen LogP contribution in [0.3, 0.4) is 0 Å². The second kappa shape index (κ2) is 12.5. The lowest BCUT2D eigenvalue weighted by Gasteiger charge is -2.36. The maximum Gasteiger partial charge on any atom is 0.243 e. The minimum absolute atomic E-state index is 0.120. The van der Waals surface area contributed by atoms with Crippen molar-refractivity contribution in [2.45, 2.75) is 56.8 Å². The fraction of sp³-hybridized carbons (Fsp3) is 0.424. The fourth-order valence-electron chi connectivity index (χ4n) is 6.22. The van der Waals surface area contributed by atoms with E-state index in [1.54, 1.807) is 10.4 Å².